The van der Waals surface area contributed by atoms with E-state index in [-0.39, 0.29) is 5.56 Å². The summed E-state index contributed by atoms with van der Waals surface area (Å²) in [6, 6.07) is 6.09. The fourth-order valence-electron chi connectivity index (χ4n) is 4.66. The highest BCUT2D eigenvalue weighted by Crippen LogP contribution is 2.33. The lowest BCUT2D eigenvalue weighted by Crippen LogP contribution is -2.36. The van der Waals surface area contributed by atoms with Gasteiger partial charge >= 0.3 is 0 Å². The Morgan fingerprint density at radius 2 is 1.92 bits per heavy atom. The average molecular weight is 524 g/mol. The van der Waals surface area contributed by atoms with Crippen molar-refractivity contribution in [2.75, 3.05) is 43.2 Å². The first-order chi connectivity index (χ1) is 17.6. The highest BCUT2D eigenvalue weighted by molar-refractivity contribution is 7.28. The second-order valence-electron chi connectivity index (χ2n) is 10.3. The normalized spacial score (nSPS) is 14.4. The molecule has 0 saturated carbocycles. The third-order valence-electron chi connectivity index (χ3n) is 6.65. The van der Waals surface area contributed by atoms with Gasteiger partial charge in [0.05, 0.1) is 36.3 Å². The van der Waals surface area contributed by atoms with Crippen LogP contribution in [-0.4, -0.2) is 63.6 Å². The highest BCUT2D eigenvalue weighted by Gasteiger charge is 2.27. The maximum absolute atomic E-state index is 15.1. The molecule has 1 unspecified atom stereocenters. The van der Waals surface area contributed by atoms with Crippen LogP contribution in [-0.2, 0) is 10.3 Å². The number of halogens is 1. The molecular weight excluding hydrogens is 492 g/mol. The van der Waals surface area contributed by atoms with Gasteiger partial charge in [0.15, 0.2) is 5.65 Å². The van der Waals surface area contributed by atoms with Gasteiger partial charge in [-0.25, -0.2) is 4.68 Å². The van der Waals surface area contributed by atoms with E-state index in [1.165, 1.54) is 15.8 Å². The average Bonchev–Trinajstić information content (AvgIpc) is 3.49. The second kappa shape index (κ2) is 9.50. The summed E-state index contributed by atoms with van der Waals surface area (Å²) in [5, 5.41) is 13.4. The van der Waals surface area contributed by atoms with Crippen LogP contribution in [0.1, 0.15) is 36.7 Å². The molecule has 9 nitrogen and oxygen atoms in total. The van der Waals surface area contributed by atoms with E-state index in [0.29, 0.717) is 18.9 Å². The number of amides is 1. The van der Waals surface area contributed by atoms with Crippen molar-refractivity contribution in [1.29, 1.82) is 0 Å². The number of ether oxygens (including phenoxy) is 1. The Morgan fingerprint density at radius 3 is 2.59 bits per heavy atom. The van der Waals surface area contributed by atoms with E-state index in [2.05, 4.69) is 35.5 Å². The zero-order valence-electron chi connectivity index (χ0n) is 21.7. The molecular formula is C26H31FN7O2P. The Bertz CT molecular complexity index is 1480. The minimum Gasteiger partial charge on any atom is -0.378 e. The molecule has 4 aromatic rings. The first-order valence-corrected chi connectivity index (χ1v) is 12.7. The van der Waals surface area contributed by atoms with Crippen LogP contribution in [0.2, 0.25) is 0 Å². The minimum absolute atomic E-state index is 0.0653. The van der Waals surface area contributed by atoms with Gasteiger partial charge in [0, 0.05) is 31.9 Å². The van der Waals surface area contributed by atoms with Gasteiger partial charge in [-0.3, -0.25) is 9.20 Å². The van der Waals surface area contributed by atoms with Gasteiger partial charge in [0.2, 0.25) is 5.95 Å². The van der Waals surface area contributed by atoms with Crippen LogP contribution >= 0.6 is 9.24 Å². The zero-order chi connectivity index (χ0) is 26.5. The van der Waals surface area contributed by atoms with Crippen molar-refractivity contribution in [2.24, 2.45) is 0 Å². The standard InChI is InChI=1S/C26H31FN7O2P/c1-16-10-22(37)20(31(5)25(35)19-13-29-34(23(19)27)26(2,3)4)12-18(16)17-11-21(32-6-8-36-9-7-32)24-30-28-15-33(24)14-17/h10-15H,6-9,37H2,1-5H3. The summed E-state index contributed by atoms with van der Waals surface area (Å²) in [5.41, 5.74) is 4.74. The van der Waals surface area contributed by atoms with Gasteiger partial charge in [0.25, 0.3) is 5.91 Å². The molecule has 0 bridgehead atoms. The number of morpholine rings is 1. The third-order valence-corrected chi connectivity index (χ3v) is 7.11. The van der Waals surface area contributed by atoms with E-state index >= 15 is 4.39 Å². The summed E-state index contributed by atoms with van der Waals surface area (Å²) in [5.74, 6) is -1.11. The highest BCUT2D eigenvalue weighted by atomic mass is 31.0. The molecule has 0 spiro atoms. The molecule has 1 amide bonds. The van der Waals surface area contributed by atoms with Crippen LogP contribution in [0.5, 0.6) is 0 Å². The van der Waals surface area contributed by atoms with E-state index in [1.54, 1.807) is 13.4 Å². The Kier molecular flexibility index (Phi) is 6.50. The quantitative estimate of drug-likeness (QED) is 0.382. The molecule has 3 aromatic heterocycles. The fourth-order valence-corrected chi connectivity index (χ4v) is 5.19. The number of fused-ring (bicyclic) bond motifs is 1. The van der Waals surface area contributed by atoms with Crippen LogP contribution < -0.4 is 15.1 Å². The lowest BCUT2D eigenvalue weighted by molar-refractivity contribution is 0.0988. The van der Waals surface area contributed by atoms with E-state index in [4.69, 9.17) is 4.74 Å². The molecule has 1 saturated heterocycles. The molecule has 0 aliphatic carbocycles. The van der Waals surface area contributed by atoms with Gasteiger partial charge in [-0.15, -0.1) is 19.4 Å². The number of benzene rings is 1. The molecule has 37 heavy (non-hydrogen) atoms. The van der Waals surface area contributed by atoms with Gasteiger partial charge < -0.3 is 14.5 Å². The second-order valence-corrected chi connectivity index (χ2v) is 10.9. The lowest BCUT2D eigenvalue weighted by Gasteiger charge is -2.29. The summed E-state index contributed by atoms with van der Waals surface area (Å²) in [7, 11) is 4.34. The number of hydrogen-bond donors (Lipinski definition) is 0. The molecule has 11 heteroatoms. The summed E-state index contributed by atoms with van der Waals surface area (Å²) in [6.45, 7) is 10.4. The number of hydrogen-bond acceptors (Lipinski definition) is 6. The van der Waals surface area contributed by atoms with Crippen molar-refractivity contribution in [3.05, 3.63) is 54.0 Å². The number of nitrogens with zero attached hydrogens (tertiary/aromatic N) is 7. The Labute approximate surface area is 217 Å². The molecule has 4 heterocycles. The minimum atomic E-state index is -0.643. The summed E-state index contributed by atoms with van der Waals surface area (Å²) in [6.07, 6.45) is 4.97. The van der Waals surface area contributed by atoms with Crippen LogP contribution in [0, 0.1) is 12.9 Å². The molecule has 5 rings (SSSR count). The lowest BCUT2D eigenvalue weighted by atomic mass is 10.00. The summed E-state index contributed by atoms with van der Waals surface area (Å²) < 4.78 is 23.8. The van der Waals surface area contributed by atoms with Gasteiger partial charge in [-0.1, -0.05) is 0 Å². The van der Waals surface area contributed by atoms with Crippen LogP contribution in [0.25, 0.3) is 16.8 Å². The molecule has 1 aromatic carbocycles. The van der Waals surface area contributed by atoms with Crippen LogP contribution in [0.4, 0.5) is 15.8 Å². The van der Waals surface area contributed by atoms with Gasteiger partial charge in [0.1, 0.15) is 11.9 Å². The van der Waals surface area contributed by atoms with Crippen LogP contribution in [0.15, 0.2) is 36.9 Å². The Morgan fingerprint density at radius 1 is 1.19 bits per heavy atom. The molecule has 0 N–H and O–H groups in total. The Balaban J connectivity index is 1.56. The van der Waals surface area contributed by atoms with Crippen molar-refractivity contribution in [2.45, 2.75) is 33.2 Å². The van der Waals surface area contributed by atoms with E-state index in [9.17, 15) is 4.79 Å². The van der Waals surface area contributed by atoms with Crippen LogP contribution in [0.3, 0.4) is 0 Å². The molecule has 1 aliphatic heterocycles. The first-order valence-electron chi connectivity index (χ1n) is 12.1. The van der Waals surface area contributed by atoms with E-state index in [0.717, 1.165) is 46.4 Å². The van der Waals surface area contributed by atoms with Crippen molar-refractivity contribution in [3.63, 3.8) is 0 Å². The molecule has 1 aliphatic rings. The SMILES string of the molecule is Cc1cc(P)c(N(C)C(=O)c2cnn(C(C)(C)C)c2F)cc1-c1cc(N2CCOCC2)c2nncn2c1. The number of anilines is 2. The van der Waals surface area contributed by atoms with Gasteiger partial charge in [-0.2, -0.15) is 9.49 Å². The molecule has 0 radical (unpaired) electrons. The Hall–Kier alpha value is -3.36. The predicted molar refractivity (Wildman–Crippen MR) is 145 cm³/mol. The zero-order valence-corrected chi connectivity index (χ0v) is 22.8. The monoisotopic (exact) mass is 523 g/mol. The molecule has 1 atom stereocenters. The number of carbonyl (C=O) groups excluding carboxylic acids is 1. The van der Waals surface area contributed by atoms with Gasteiger partial charge in [-0.05, 0) is 62.3 Å². The van der Waals surface area contributed by atoms with Crippen molar-refractivity contribution in [1.82, 2.24) is 24.4 Å². The van der Waals surface area contributed by atoms with E-state index in [1.807, 2.05) is 50.4 Å². The fraction of sp³-hybridized carbons (Fsp3) is 0.385. The number of carbonyl (C=O) groups is 1. The first kappa shape index (κ1) is 25.3. The van der Waals surface area contributed by atoms with Crippen molar-refractivity contribution < 1.29 is 13.9 Å². The summed E-state index contributed by atoms with van der Waals surface area (Å²) in [4.78, 5) is 17.1. The molecule has 1 fully saturated rings. The number of rotatable bonds is 4. The predicted octanol–water partition coefficient (Wildman–Crippen LogP) is 3.41. The number of aryl methyl sites for hydroxylation is 1. The summed E-state index contributed by atoms with van der Waals surface area (Å²) >= 11 is 0. The maximum Gasteiger partial charge on any atom is 0.264 e. The smallest absolute Gasteiger partial charge is 0.264 e. The number of aromatic nitrogens is 5. The number of pyridine rings is 1. The van der Waals surface area contributed by atoms with Crippen molar-refractivity contribution >= 4 is 37.5 Å². The van der Waals surface area contributed by atoms with E-state index < -0.39 is 17.4 Å². The molecule has 194 valence electrons. The largest absolute Gasteiger partial charge is 0.378 e. The third kappa shape index (κ3) is 4.60. The topological polar surface area (TPSA) is 80.8 Å². The van der Waals surface area contributed by atoms with Crippen molar-refractivity contribution in [3.8, 4) is 11.1 Å². The maximum atomic E-state index is 15.1.